The molecular weight excluding hydrogens is 310 g/mol. The van der Waals surface area contributed by atoms with Crippen molar-refractivity contribution >= 4 is 11.3 Å². The third-order valence-corrected chi connectivity index (χ3v) is 4.28. The van der Waals surface area contributed by atoms with Gasteiger partial charge < -0.3 is 20.3 Å². The van der Waals surface area contributed by atoms with E-state index >= 15 is 0 Å². The Kier molecular flexibility index (Phi) is 6.74. The molecule has 0 aliphatic heterocycles. The van der Waals surface area contributed by atoms with Gasteiger partial charge in [0, 0.05) is 12.1 Å². The Morgan fingerprint density at radius 2 is 1.91 bits per heavy atom. The largest absolute Gasteiger partial charge is 0.394 e. The first kappa shape index (κ1) is 18.1. The van der Waals surface area contributed by atoms with Crippen LogP contribution in [0.2, 0.25) is 0 Å². The number of hydrogen-bond acceptors (Lipinski definition) is 5. The highest BCUT2D eigenvalue weighted by molar-refractivity contribution is 7.08. The van der Waals surface area contributed by atoms with Crippen molar-refractivity contribution in [3.63, 3.8) is 0 Å². The summed E-state index contributed by atoms with van der Waals surface area (Å²) in [4.78, 5) is 0. The molecule has 0 saturated heterocycles. The van der Waals surface area contributed by atoms with Crippen LogP contribution in [0.25, 0.3) is 11.1 Å². The van der Waals surface area contributed by atoms with Gasteiger partial charge in [0.25, 0.3) is 0 Å². The average Bonchev–Trinajstić information content (AvgIpc) is 3.08. The van der Waals surface area contributed by atoms with E-state index < -0.39 is 11.6 Å². The van der Waals surface area contributed by atoms with Gasteiger partial charge in [-0.05, 0) is 47.4 Å². The summed E-state index contributed by atoms with van der Waals surface area (Å²) < 4.78 is 5.56. The van der Waals surface area contributed by atoms with E-state index in [1.165, 1.54) is 11.1 Å². The summed E-state index contributed by atoms with van der Waals surface area (Å²) in [6.07, 6.45) is -0.592. The van der Waals surface area contributed by atoms with Crippen LogP contribution in [0.1, 0.15) is 19.4 Å². The molecule has 5 heteroatoms. The minimum atomic E-state index is -0.592. The van der Waals surface area contributed by atoms with Gasteiger partial charge in [-0.2, -0.15) is 11.3 Å². The number of ether oxygens (including phenoxy) is 1. The first-order chi connectivity index (χ1) is 11.0. The molecule has 1 unspecified atom stereocenters. The summed E-state index contributed by atoms with van der Waals surface area (Å²) in [5, 5.41) is 26.3. The Morgan fingerprint density at radius 1 is 1.17 bits per heavy atom. The van der Waals surface area contributed by atoms with Crippen molar-refractivity contribution in [1.82, 2.24) is 5.32 Å². The van der Waals surface area contributed by atoms with Crippen LogP contribution in [-0.4, -0.2) is 41.6 Å². The Balaban J connectivity index is 1.72. The Morgan fingerprint density at radius 3 is 2.52 bits per heavy atom. The molecule has 0 amide bonds. The highest BCUT2D eigenvalue weighted by Gasteiger charge is 2.17. The number of hydrogen-bond donors (Lipinski definition) is 3. The molecule has 0 bridgehead atoms. The molecule has 1 heterocycles. The second-order valence-corrected chi connectivity index (χ2v) is 7.08. The molecule has 126 valence electrons. The van der Waals surface area contributed by atoms with Crippen LogP contribution >= 0.6 is 11.3 Å². The number of benzene rings is 1. The molecular formula is C18H25NO3S. The molecule has 1 aromatic carbocycles. The van der Waals surface area contributed by atoms with Gasteiger partial charge in [0.2, 0.25) is 0 Å². The van der Waals surface area contributed by atoms with Crippen LogP contribution in [0.3, 0.4) is 0 Å². The molecule has 0 spiro atoms. The highest BCUT2D eigenvalue weighted by Crippen LogP contribution is 2.22. The maximum atomic E-state index is 9.89. The third kappa shape index (κ3) is 6.05. The molecule has 23 heavy (non-hydrogen) atoms. The second-order valence-electron chi connectivity index (χ2n) is 6.30. The fraction of sp³-hybridized carbons (Fsp3) is 0.444. The van der Waals surface area contributed by atoms with E-state index in [0.29, 0.717) is 13.2 Å². The number of rotatable bonds is 9. The predicted molar refractivity (Wildman–Crippen MR) is 94.6 cm³/mol. The van der Waals surface area contributed by atoms with Crippen molar-refractivity contribution in [3.05, 3.63) is 46.7 Å². The molecule has 2 aromatic rings. The van der Waals surface area contributed by atoms with Gasteiger partial charge in [0.1, 0.15) is 0 Å². The summed E-state index contributed by atoms with van der Waals surface area (Å²) in [5.74, 6) is 0. The SMILES string of the molecule is CC(C)(CO)NCC(O)COCc1ccc(-c2ccsc2)cc1. The first-order valence-electron chi connectivity index (χ1n) is 7.73. The highest BCUT2D eigenvalue weighted by atomic mass is 32.1. The van der Waals surface area contributed by atoms with Crippen molar-refractivity contribution < 1.29 is 14.9 Å². The van der Waals surface area contributed by atoms with Crippen molar-refractivity contribution in [1.29, 1.82) is 0 Å². The van der Waals surface area contributed by atoms with Gasteiger partial charge >= 0.3 is 0 Å². The molecule has 1 atom stereocenters. The molecule has 0 saturated carbocycles. The quantitative estimate of drug-likeness (QED) is 0.659. The number of β-amino-alcohol motifs (C(OH)–C–C–N with tert-alkyl or cyclic N) is 1. The zero-order valence-electron chi connectivity index (χ0n) is 13.7. The summed E-state index contributed by atoms with van der Waals surface area (Å²) in [6, 6.07) is 10.4. The number of nitrogens with one attached hydrogen (secondary N) is 1. The lowest BCUT2D eigenvalue weighted by atomic mass is 10.1. The minimum Gasteiger partial charge on any atom is -0.394 e. The molecule has 1 aromatic heterocycles. The van der Waals surface area contributed by atoms with Crippen LogP contribution in [0, 0.1) is 0 Å². The van der Waals surface area contributed by atoms with Crippen molar-refractivity contribution in [2.45, 2.75) is 32.1 Å². The second kappa shape index (κ2) is 8.57. The molecule has 0 aliphatic carbocycles. The van der Waals surface area contributed by atoms with E-state index in [-0.39, 0.29) is 13.2 Å². The number of aliphatic hydroxyl groups excluding tert-OH is 2. The van der Waals surface area contributed by atoms with Gasteiger partial charge in [-0.25, -0.2) is 0 Å². The van der Waals surface area contributed by atoms with Gasteiger partial charge in [-0.1, -0.05) is 24.3 Å². The van der Waals surface area contributed by atoms with Gasteiger partial charge in [-0.15, -0.1) is 0 Å². The van der Waals surface area contributed by atoms with Crippen molar-refractivity contribution in [3.8, 4) is 11.1 Å². The van der Waals surface area contributed by atoms with Crippen LogP contribution < -0.4 is 5.32 Å². The van der Waals surface area contributed by atoms with Gasteiger partial charge in [0.05, 0.1) is 25.9 Å². The maximum Gasteiger partial charge on any atom is 0.0898 e. The van der Waals surface area contributed by atoms with E-state index in [9.17, 15) is 5.11 Å². The zero-order chi connectivity index (χ0) is 16.7. The molecule has 0 aliphatic rings. The predicted octanol–water partition coefficient (Wildman–Crippen LogP) is 2.65. The van der Waals surface area contributed by atoms with Crippen molar-refractivity contribution in [2.75, 3.05) is 19.8 Å². The summed E-state index contributed by atoms with van der Waals surface area (Å²) >= 11 is 1.69. The van der Waals surface area contributed by atoms with Crippen LogP contribution in [0.15, 0.2) is 41.1 Å². The first-order valence-corrected chi connectivity index (χ1v) is 8.68. The monoisotopic (exact) mass is 335 g/mol. The Hall–Kier alpha value is -1.24. The van der Waals surface area contributed by atoms with Crippen molar-refractivity contribution in [2.24, 2.45) is 0 Å². The Labute approximate surface area is 141 Å². The summed E-state index contributed by atoms with van der Waals surface area (Å²) in [5.41, 5.74) is 3.12. The normalized spacial score (nSPS) is 13.2. The lowest BCUT2D eigenvalue weighted by Gasteiger charge is -2.25. The molecule has 2 rings (SSSR count). The lowest BCUT2D eigenvalue weighted by Crippen LogP contribution is -2.46. The average molecular weight is 335 g/mol. The molecule has 4 nitrogen and oxygen atoms in total. The summed E-state index contributed by atoms with van der Waals surface area (Å²) in [7, 11) is 0. The van der Waals surface area contributed by atoms with E-state index in [2.05, 4.69) is 34.3 Å². The van der Waals surface area contributed by atoms with E-state index in [1.54, 1.807) is 11.3 Å². The Bertz CT molecular complexity index is 566. The van der Waals surface area contributed by atoms with Crippen LogP contribution in [-0.2, 0) is 11.3 Å². The van der Waals surface area contributed by atoms with E-state index in [1.807, 2.05) is 26.0 Å². The standard InChI is InChI=1S/C18H25NO3S/c1-18(2,13-20)19-9-17(21)11-22-10-14-3-5-15(6-4-14)16-7-8-23-12-16/h3-8,12,17,19-21H,9-11,13H2,1-2H3. The van der Waals surface area contributed by atoms with E-state index in [0.717, 1.165) is 5.56 Å². The van der Waals surface area contributed by atoms with Crippen LogP contribution in [0.5, 0.6) is 0 Å². The topological polar surface area (TPSA) is 61.7 Å². The third-order valence-electron chi connectivity index (χ3n) is 3.60. The smallest absolute Gasteiger partial charge is 0.0898 e. The zero-order valence-corrected chi connectivity index (χ0v) is 14.5. The lowest BCUT2D eigenvalue weighted by molar-refractivity contribution is 0.0236. The van der Waals surface area contributed by atoms with Crippen LogP contribution in [0.4, 0.5) is 0 Å². The summed E-state index contributed by atoms with van der Waals surface area (Å²) in [6.45, 7) is 4.93. The molecule has 0 radical (unpaired) electrons. The maximum absolute atomic E-state index is 9.89. The number of aliphatic hydroxyl groups is 2. The fourth-order valence-electron chi connectivity index (χ4n) is 2.04. The van der Waals surface area contributed by atoms with Gasteiger partial charge in [0.15, 0.2) is 0 Å². The van der Waals surface area contributed by atoms with E-state index in [4.69, 9.17) is 9.84 Å². The minimum absolute atomic E-state index is 0.0249. The number of thiophene rings is 1. The molecule has 3 N–H and O–H groups in total. The fourth-order valence-corrected chi connectivity index (χ4v) is 2.71. The van der Waals surface area contributed by atoms with Gasteiger partial charge in [-0.3, -0.25) is 0 Å². The molecule has 0 fully saturated rings.